The summed E-state index contributed by atoms with van der Waals surface area (Å²) < 4.78 is 6.86. The zero-order valence-corrected chi connectivity index (χ0v) is 18.6. The molecule has 0 atom stereocenters. The molecule has 5 aromatic rings. The van der Waals surface area contributed by atoms with E-state index in [0.717, 1.165) is 27.8 Å². The van der Waals surface area contributed by atoms with Crippen molar-refractivity contribution in [3.63, 3.8) is 0 Å². The van der Waals surface area contributed by atoms with Crippen molar-refractivity contribution in [2.75, 3.05) is 0 Å². The molecule has 0 aliphatic rings. The topological polar surface area (TPSA) is 115 Å². The van der Waals surface area contributed by atoms with E-state index in [1.807, 2.05) is 63.2 Å². The second-order valence-electron chi connectivity index (χ2n) is 7.87. The van der Waals surface area contributed by atoms with E-state index in [9.17, 15) is 4.79 Å². The van der Waals surface area contributed by atoms with Gasteiger partial charge in [0.1, 0.15) is 5.82 Å². The predicted octanol–water partition coefficient (Wildman–Crippen LogP) is 3.91. The van der Waals surface area contributed by atoms with E-state index in [1.54, 1.807) is 10.9 Å². The fourth-order valence-electron chi connectivity index (χ4n) is 3.61. The maximum atomic E-state index is 12.8. The van der Waals surface area contributed by atoms with Crippen molar-refractivity contribution in [1.82, 2.24) is 35.2 Å². The highest BCUT2D eigenvalue weighted by Gasteiger charge is 2.15. The second-order valence-corrected chi connectivity index (χ2v) is 7.87. The monoisotopic (exact) mass is 441 g/mol. The highest BCUT2D eigenvalue weighted by Crippen LogP contribution is 2.19. The van der Waals surface area contributed by atoms with E-state index in [-0.39, 0.29) is 5.91 Å². The summed E-state index contributed by atoms with van der Waals surface area (Å²) in [7, 11) is 0. The summed E-state index contributed by atoms with van der Waals surface area (Å²) in [5, 5.41) is 11.4. The number of hydrogen-bond donors (Lipinski definition) is 2. The number of rotatable bonds is 6. The van der Waals surface area contributed by atoms with E-state index < -0.39 is 0 Å². The molecular weight excluding hydrogens is 418 g/mol. The number of aromatic nitrogens is 6. The highest BCUT2D eigenvalue weighted by molar-refractivity contribution is 5.95. The Hall–Kier alpha value is -4.27. The molecule has 1 amide bonds. The smallest absolute Gasteiger partial charge is 0.255 e. The van der Waals surface area contributed by atoms with Crippen molar-refractivity contribution >= 4 is 16.9 Å². The maximum absolute atomic E-state index is 12.8. The third-order valence-electron chi connectivity index (χ3n) is 5.41. The normalized spacial score (nSPS) is 11.2. The second kappa shape index (κ2) is 8.34. The molecule has 0 fully saturated rings. The van der Waals surface area contributed by atoms with Crippen molar-refractivity contribution in [2.24, 2.45) is 0 Å². The number of carbonyl (C=O) groups is 1. The largest absolute Gasteiger partial charge is 0.345 e. The van der Waals surface area contributed by atoms with Crippen LogP contribution in [0.5, 0.6) is 0 Å². The summed E-state index contributed by atoms with van der Waals surface area (Å²) in [5.74, 6) is 1.66. The molecule has 0 saturated carbocycles. The Bertz CT molecular complexity index is 1440. The summed E-state index contributed by atoms with van der Waals surface area (Å²) in [6.45, 7) is 6.11. The molecular formula is C24H23N7O2. The van der Waals surface area contributed by atoms with Crippen molar-refractivity contribution in [3.05, 3.63) is 77.2 Å². The Labute approximate surface area is 189 Å². The molecule has 5 rings (SSSR count). The van der Waals surface area contributed by atoms with E-state index in [2.05, 4.69) is 30.5 Å². The van der Waals surface area contributed by atoms with Gasteiger partial charge in [-0.2, -0.15) is 10.1 Å². The molecule has 9 nitrogen and oxygen atoms in total. The lowest BCUT2D eigenvalue weighted by atomic mass is 10.2. The summed E-state index contributed by atoms with van der Waals surface area (Å²) in [6, 6.07) is 13.6. The Balaban J connectivity index is 1.29. The van der Waals surface area contributed by atoms with E-state index in [0.29, 0.717) is 41.8 Å². The third kappa shape index (κ3) is 4.12. The number of nitrogens with one attached hydrogen (secondary N) is 2. The van der Waals surface area contributed by atoms with E-state index in [4.69, 9.17) is 4.52 Å². The van der Waals surface area contributed by atoms with Crippen molar-refractivity contribution in [1.29, 1.82) is 0 Å². The molecule has 3 heterocycles. The molecule has 2 aromatic carbocycles. The molecule has 0 aliphatic carbocycles. The van der Waals surface area contributed by atoms with Gasteiger partial charge in [0.15, 0.2) is 0 Å². The number of benzene rings is 2. The summed E-state index contributed by atoms with van der Waals surface area (Å²) in [6.07, 6.45) is 2.42. The first-order chi connectivity index (χ1) is 16.0. The summed E-state index contributed by atoms with van der Waals surface area (Å²) >= 11 is 0. The van der Waals surface area contributed by atoms with Gasteiger partial charge in [-0.05, 0) is 55.8 Å². The average Bonchev–Trinajstić information content (AvgIpc) is 3.55. The van der Waals surface area contributed by atoms with Crippen LogP contribution in [-0.2, 0) is 13.0 Å². The number of aryl methyl sites for hydroxylation is 3. The molecule has 0 saturated heterocycles. The lowest BCUT2D eigenvalue weighted by Crippen LogP contribution is -2.23. The van der Waals surface area contributed by atoms with E-state index >= 15 is 0 Å². The zero-order valence-electron chi connectivity index (χ0n) is 18.6. The molecule has 33 heavy (non-hydrogen) atoms. The number of aromatic amines is 1. The Kier molecular flexibility index (Phi) is 5.21. The Morgan fingerprint density at radius 1 is 1.12 bits per heavy atom. The van der Waals surface area contributed by atoms with Gasteiger partial charge < -0.3 is 14.8 Å². The van der Waals surface area contributed by atoms with Gasteiger partial charge in [-0.25, -0.2) is 9.67 Å². The fraction of sp³-hybridized carbons (Fsp3) is 0.208. The molecule has 2 N–H and O–H groups in total. The van der Waals surface area contributed by atoms with Crippen LogP contribution >= 0.6 is 0 Å². The summed E-state index contributed by atoms with van der Waals surface area (Å²) in [4.78, 5) is 24.9. The van der Waals surface area contributed by atoms with Crippen molar-refractivity contribution < 1.29 is 9.32 Å². The van der Waals surface area contributed by atoms with Gasteiger partial charge in [0, 0.05) is 18.2 Å². The molecule has 0 aliphatic heterocycles. The van der Waals surface area contributed by atoms with Crippen LogP contribution in [0.15, 0.2) is 53.2 Å². The predicted molar refractivity (Wildman–Crippen MR) is 123 cm³/mol. The third-order valence-corrected chi connectivity index (χ3v) is 5.41. The number of imidazole rings is 1. The molecule has 9 heteroatoms. The summed E-state index contributed by atoms with van der Waals surface area (Å²) in [5.41, 5.74) is 5.82. The van der Waals surface area contributed by atoms with Gasteiger partial charge in [0.2, 0.25) is 11.7 Å². The van der Waals surface area contributed by atoms with Gasteiger partial charge >= 0.3 is 0 Å². The van der Waals surface area contributed by atoms with Crippen LogP contribution in [0.4, 0.5) is 0 Å². The minimum atomic E-state index is -0.203. The molecule has 0 spiro atoms. The van der Waals surface area contributed by atoms with Crippen molar-refractivity contribution in [3.8, 4) is 17.1 Å². The van der Waals surface area contributed by atoms with Crippen LogP contribution in [0.3, 0.4) is 0 Å². The minimum Gasteiger partial charge on any atom is -0.345 e. The van der Waals surface area contributed by atoms with Crippen LogP contribution in [-0.4, -0.2) is 35.8 Å². The highest BCUT2D eigenvalue weighted by atomic mass is 16.5. The molecule has 0 unspecified atom stereocenters. The SMILES string of the molecule is CCc1nc(-c2ccc(-n3cc(C(=O)NCc4nc5ccc(C)cc5[nH]4)c(C)n3)cc2)no1. The number of H-pyrrole nitrogens is 1. The fourth-order valence-corrected chi connectivity index (χ4v) is 3.61. The van der Waals surface area contributed by atoms with Crippen LogP contribution in [0, 0.1) is 13.8 Å². The van der Waals surface area contributed by atoms with Crippen molar-refractivity contribution in [2.45, 2.75) is 33.7 Å². The van der Waals surface area contributed by atoms with E-state index in [1.165, 1.54) is 0 Å². The first-order valence-electron chi connectivity index (χ1n) is 10.7. The van der Waals surface area contributed by atoms with Gasteiger partial charge in [-0.1, -0.05) is 18.1 Å². The maximum Gasteiger partial charge on any atom is 0.255 e. The van der Waals surface area contributed by atoms with Crippen LogP contribution in [0.1, 0.15) is 40.3 Å². The van der Waals surface area contributed by atoms with Crippen LogP contribution < -0.4 is 5.32 Å². The molecule has 0 bridgehead atoms. The zero-order chi connectivity index (χ0) is 22.9. The number of fused-ring (bicyclic) bond motifs is 1. The first kappa shape index (κ1) is 20.6. The Morgan fingerprint density at radius 2 is 1.94 bits per heavy atom. The first-order valence-corrected chi connectivity index (χ1v) is 10.7. The number of hydrogen-bond acceptors (Lipinski definition) is 6. The van der Waals surface area contributed by atoms with Crippen LogP contribution in [0.2, 0.25) is 0 Å². The Morgan fingerprint density at radius 3 is 2.70 bits per heavy atom. The lowest BCUT2D eigenvalue weighted by molar-refractivity contribution is 0.0949. The van der Waals surface area contributed by atoms with Crippen LogP contribution in [0.25, 0.3) is 28.1 Å². The molecule has 166 valence electrons. The number of amides is 1. The molecule has 3 aromatic heterocycles. The minimum absolute atomic E-state index is 0.203. The van der Waals surface area contributed by atoms with Gasteiger partial charge in [-0.15, -0.1) is 0 Å². The van der Waals surface area contributed by atoms with Gasteiger partial charge in [0.25, 0.3) is 5.91 Å². The number of carbonyl (C=O) groups excluding carboxylic acids is 1. The van der Waals surface area contributed by atoms with Gasteiger partial charge in [0.05, 0.1) is 34.5 Å². The molecule has 0 radical (unpaired) electrons. The standard InChI is InChI=1S/C24H23N7O2/c1-4-22-28-23(30-33-22)16-6-8-17(9-7-16)31-13-18(15(3)29-31)24(32)25-12-21-26-19-10-5-14(2)11-20(19)27-21/h5-11,13H,4,12H2,1-3H3,(H,25,32)(H,26,27). The average molecular weight is 441 g/mol. The number of nitrogens with zero attached hydrogens (tertiary/aromatic N) is 5. The lowest BCUT2D eigenvalue weighted by Gasteiger charge is -2.02. The quantitative estimate of drug-likeness (QED) is 0.413. The van der Waals surface area contributed by atoms with Gasteiger partial charge in [-0.3, -0.25) is 4.79 Å².